The fourth-order valence-electron chi connectivity index (χ4n) is 4.19. The van der Waals surface area contributed by atoms with Gasteiger partial charge in [0.25, 0.3) is 0 Å². The molecule has 1 amide bonds. The molecule has 0 spiro atoms. The first-order valence-corrected chi connectivity index (χ1v) is 8.51. The fourth-order valence-corrected chi connectivity index (χ4v) is 4.19. The van der Waals surface area contributed by atoms with Crippen LogP contribution in [0.25, 0.3) is 0 Å². The number of likely N-dealkylation sites (tertiary alicyclic amines) is 1. The van der Waals surface area contributed by atoms with Gasteiger partial charge in [0.15, 0.2) is 0 Å². The fraction of sp³-hybridized carbons (Fsp3) is 0.706. The van der Waals surface area contributed by atoms with Crippen molar-refractivity contribution in [3.63, 3.8) is 0 Å². The first-order chi connectivity index (χ1) is 10.8. The quantitative estimate of drug-likeness (QED) is 0.925. The number of aromatic nitrogens is 2. The van der Waals surface area contributed by atoms with Crippen LogP contribution in [0.1, 0.15) is 50.6 Å². The van der Waals surface area contributed by atoms with Crippen LogP contribution >= 0.6 is 0 Å². The Morgan fingerprint density at radius 3 is 2.82 bits per heavy atom. The highest BCUT2D eigenvalue weighted by atomic mass is 16.2. The van der Waals surface area contributed by atoms with Gasteiger partial charge in [-0.1, -0.05) is 19.3 Å². The minimum Gasteiger partial charge on any atom is -0.357 e. The van der Waals surface area contributed by atoms with Crippen molar-refractivity contribution in [1.29, 1.82) is 0 Å². The van der Waals surface area contributed by atoms with E-state index >= 15 is 0 Å². The van der Waals surface area contributed by atoms with E-state index in [-0.39, 0.29) is 5.91 Å². The van der Waals surface area contributed by atoms with Crippen LogP contribution in [0.4, 0.5) is 0 Å². The largest absolute Gasteiger partial charge is 0.357 e. The molecule has 1 aromatic rings. The molecule has 1 aliphatic carbocycles. The van der Waals surface area contributed by atoms with Gasteiger partial charge in [-0.2, -0.15) is 0 Å². The highest BCUT2D eigenvalue weighted by Crippen LogP contribution is 2.39. The monoisotopic (exact) mass is 302 g/mol. The molecule has 1 saturated carbocycles. The van der Waals surface area contributed by atoms with Crippen LogP contribution in [0, 0.1) is 5.92 Å². The van der Waals surface area contributed by atoms with Gasteiger partial charge in [0.05, 0.1) is 11.9 Å². The lowest BCUT2D eigenvalue weighted by Crippen LogP contribution is -2.54. The minimum absolute atomic E-state index is 0.0568. The van der Waals surface area contributed by atoms with Gasteiger partial charge < -0.3 is 5.32 Å². The molecule has 0 bridgehead atoms. The van der Waals surface area contributed by atoms with E-state index in [0.29, 0.717) is 5.92 Å². The smallest absolute Gasteiger partial charge is 0.246 e. The summed E-state index contributed by atoms with van der Waals surface area (Å²) >= 11 is 0. The van der Waals surface area contributed by atoms with E-state index in [1.807, 2.05) is 0 Å². The number of rotatable bonds is 4. The highest BCUT2D eigenvalue weighted by molar-refractivity contribution is 5.87. The Hall–Kier alpha value is -1.49. The molecule has 2 heterocycles. The van der Waals surface area contributed by atoms with Gasteiger partial charge in [-0.3, -0.25) is 19.7 Å². The summed E-state index contributed by atoms with van der Waals surface area (Å²) in [6.07, 6.45) is 13.6. The molecule has 22 heavy (non-hydrogen) atoms. The maximum absolute atomic E-state index is 12.8. The predicted octanol–water partition coefficient (Wildman–Crippen LogP) is 2.09. The molecular weight excluding hydrogens is 276 g/mol. The van der Waals surface area contributed by atoms with Crippen LogP contribution in [0.15, 0.2) is 18.6 Å². The number of carbonyl (C=O) groups excluding carboxylic acids is 1. The SMILES string of the molecule is CNC(=O)[C@@]1(c2cnccn2)CCCN1CC1CCCCC1. The Labute approximate surface area is 132 Å². The summed E-state index contributed by atoms with van der Waals surface area (Å²) in [6, 6.07) is 0. The molecule has 0 unspecified atom stereocenters. The molecule has 1 aromatic heterocycles. The molecule has 1 N–H and O–H groups in total. The van der Waals surface area contributed by atoms with Crippen LogP contribution in [0.3, 0.4) is 0 Å². The third kappa shape index (κ3) is 2.74. The first-order valence-electron chi connectivity index (χ1n) is 8.51. The summed E-state index contributed by atoms with van der Waals surface area (Å²) in [4.78, 5) is 23.8. The summed E-state index contributed by atoms with van der Waals surface area (Å²) in [5.74, 6) is 0.772. The van der Waals surface area contributed by atoms with Gasteiger partial charge in [-0.15, -0.1) is 0 Å². The molecule has 0 aromatic carbocycles. The average molecular weight is 302 g/mol. The van der Waals surface area contributed by atoms with Crippen LogP contribution in [0.2, 0.25) is 0 Å². The number of carbonyl (C=O) groups is 1. The summed E-state index contributed by atoms with van der Waals surface area (Å²) in [7, 11) is 1.72. The summed E-state index contributed by atoms with van der Waals surface area (Å²) in [6.45, 7) is 1.98. The van der Waals surface area contributed by atoms with Gasteiger partial charge in [-0.25, -0.2) is 0 Å². The van der Waals surface area contributed by atoms with Crippen molar-refractivity contribution < 1.29 is 4.79 Å². The van der Waals surface area contributed by atoms with Crippen molar-refractivity contribution in [2.24, 2.45) is 5.92 Å². The van der Waals surface area contributed by atoms with E-state index in [4.69, 9.17) is 0 Å². The second kappa shape index (κ2) is 6.73. The lowest BCUT2D eigenvalue weighted by Gasteiger charge is -2.38. The standard InChI is InChI=1S/C17H26N4O/c1-18-16(22)17(15-12-19-9-10-20-15)8-5-11-21(17)13-14-6-3-2-4-7-14/h9-10,12,14H,2-8,11,13H2,1H3,(H,18,22)/t17-/m0/s1. The van der Waals surface area contributed by atoms with Gasteiger partial charge in [0.2, 0.25) is 5.91 Å². The van der Waals surface area contributed by atoms with E-state index < -0.39 is 5.54 Å². The topological polar surface area (TPSA) is 58.1 Å². The highest BCUT2D eigenvalue weighted by Gasteiger charge is 2.50. The van der Waals surface area contributed by atoms with E-state index in [0.717, 1.165) is 31.6 Å². The molecule has 3 rings (SSSR count). The Morgan fingerprint density at radius 1 is 1.32 bits per heavy atom. The maximum Gasteiger partial charge on any atom is 0.246 e. The Kier molecular flexibility index (Phi) is 4.71. The van der Waals surface area contributed by atoms with Gasteiger partial charge in [-0.05, 0) is 38.1 Å². The van der Waals surface area contributed by atoms with Gasteiger partial charge in [0.1, 0.15) is 5.54 Å². The summed E-state index contributed by atoms with van der Waals surface area (Å²) in [5.41, 5.74) is 0.170. The third-order valence-electron chi connectivity index (χ3n) is 5.30. The second-order valence-electron chi connectivity index (χ2n) is 6.58. The van der Waals surface area contributed by atoms with Crippen molar-refractivity contribution in [2.45, 2.75) is 50.5 Å². The molecule has 2 aliphatic rings. The van der Waals surface area contributed by atoms with Gasteiger partial charge >= 0.3 is 0 Å². The molecule has 5 nitrogen and oxygen atoms in total. The molecule has 1 saturated heterocycles. The van der Waals surface area contributed by atoms with E-state index in [2.05, 4.69) is 20.2 Å². The normalized spacial score (nSPS) is 27.0. The van der Waals surface area contributed by atoms with Crippen molar-refractivity contribution in [3.8, 4) is 0 Å². The number of nitrogens with zero attached hydrogens (tertiary/aromatic N) is 3. The van der Waals surface area contributed by atoms with Crippen LogP contribution < -0.4 is 5.32 Å². The number of hydrogen-bond acceptors (Lipinski definition) is 4. The average Bonchev–Trinajstić information content (AvgIpc) is 3.00. The van der Waals surface area contributed by atoms with Crippen molar-refractivity contribution in [3.05, 3.63) is 24.3 Å². The third-order valence-corrected chi connectivity index (χ3v) is 5.30. The molecule has 0 radical (unpaired) electrons. The summed E-state index contributed by atoms with van der Waals surface area (Å²) in [5, 5.41) is 2.87. The zero-order valence-electron chi connectivity index (χ0n) is 13.4. The van der Waals surface area contributed by atoms with E-state index in [1.54, 1.807) is 25.6 Å². The van der Waals surface area contributed by atoms with Crippen molar-refractivity contribution in [1.82, 2.24) is 20.2 Å². The molecular formula is C17H26N4O. The van der Waals surface area contributed by atoms with E-state index in [1.165, 1.54) is 32.1 Å². The first kappa shape index (κ1) is 15.4. The second-order valence-corrected chi connectivity index (χ2v) is 6.58. The Bertz CT molecular complexity index is 501. The van der Waals surface area contributed by atoms with Crippen LogP contribution in [-0.2, 0) is 10.3 Å². The molecule has 1 atom stereocenters. The van der Waals surface area contributed by atoms with Crippen molar-refractivity contribution in [2.75, 3.05) is 20.1 Å². The number of nitrogens with one attached hydrogen (secondary N) is 1. The number of likely N-dealkylation sites (N-methyl/N-ethyl adjacent to an activating group) is 1. The molecule has 1 aliphatic heterocycles. The zero-order valence-corrected chi connectivity index (χ0v) is 13.4. The van der Waals surface area contributed by atoms with Crippen LogP contribution in [-0.4, -0.2) is 40.9 Å². The number of amides is 1. The lowest BCUT2D eigenvalue weighted by molar-refractivity contribution is -0.132. The van der Waals surface area contributed by atoms with Crippen LogP contribution in [0.5, 0.6) is 0 Å². The Balaban J connectivity index is 1.88. The van der Waals surface area contributed by atoms with Crippen molar-refractivity contribution >= 4 is 5.91 Å². The molecule has 5 heteroatoms. The number of hydrogen-bond donors (Lipinski definition) is 1. The lowest BCUT2D eigenvalue weighted by atomic mass is 9.86. The summed E-state index contributed by atoms with van der Waals surface area (Å²) < 4.78 is 0. The minimum atomic E-state index is -0.625. The zero-order chi connectivity index (χ0) is 15.4. The van der Waals surface area contributed by atoms with E-state index in [9.17, 15) is 4.79 Å². The maximum atomic E-state index is 12.8. The van der Waals surface area contributed by atoms with Gasteiger partial charge in [0, 0.05) is 26.0 Å². The molecule has 2 fully saturated rings. The predicted molar refractivity (Wildman–Crippen MR) is 85.2 cm³/mol. The molecule has 120 valence electrons. The Morgan fingerprint density at radius 2 is 2.14 bits per heavy atom.